The quantitative estimate of drug-likeness (QED) is 0.876. The molecule has 0 unspecified atom stereocenters. The summed E-state index contributed by atoms with van der Waals surface area (Å²) in [4.78, 5) is 0. The third-order valence-electron chi connectivity index (χ3n) is 2.79. The van der Waals surface area contributed by atoms with Crippen LogP contribution in [0.1, 0.15) is 29.7 Å². The van der Waals surface area contributed by atoms with Gasteiger partial charge in [-0.15, -0.1) is 0 Å². The molecular formula is C16H18O2. The Bertz CT molecular complexity index is 524. The minimum Gasteiger partial charge on any atom is -0.457 e. The van der Waals surface area contributed by atoms with Crippen LogP contribution in [0.5, 0.6) is 11.5 Å². The molecular weight excluding hydrogens is 224 g/mol. The number of benzene rings is 2. The molecule has 0 aromatic heterocycles. The number of aliphatic hydroxyl groups excluding tert-OH is 1. The van der Waals surface area contributed by atoms with Crippen LogP contribution >= 0.6 is 0 Å². The van der Waals surface area contributed by atoms with Gasteiger partial charge in [-0.25, -0.2) is 0 Å². The Morgan fingerprint density at radius 3 is 2.22 bits per heavy atom. The van der Waals surface area contributed by atoms with E-state index >= 15 is 0 Å². The van der Waals surface area contributed by atoms with Crippen molar-refractivity contribution in [2.45, 2.75) is 26.9 Å². The first-order chi connectivity index (χ1) is 8.56. The van der Waals surface area contributed by atoms with E-state index in [0.29, 0.717) is 5.75 Å². The van der Waals surface area contributed by atoms with Crippen LogP contribution in [0.3, 0.4) is 0 Å². The van der Waals surface area contributed by atoms with Crippen molar-refractivity contribution in [2.24, 2.45) is 0 Å². The second kappa shape index (κ2) is 5.23. The number of para-hydroxylation sites is 1. The summed E-state index contributed by atoms with van der Waals surface area (Å²) in [7, 11) is 0. The fraction of sp³-hybridized carbons (Fsp3) is 0.250. The average Bonchev–Trinajstić information content (AvgIpc) is 2.27. The summed E-state index contributed by atoms with van der Waals surface area (Å²) in [6.45, 7) is 5.82. The third kappa shape index (κ3) is 2.90. The highest BCUT2D eigenvalue weighted by atomic mass is 16.5. The number of ether oxygens (including phenoxy) is 1. The summed E-state index contributed by atoms with van der Waals surface area (Å²) in [6.07, 6.45) is -0.535. The van der Waals surface area contributed by atoms with Crippen molar-refractivity contribution in [3.8, 4) is 11.5 Å². The molecule has 2 aromatic rings. The van der Waals surface area contributed by atoms with Gasteiger partial charge in [-0.1, -0.05) is 24.3 Å². The van der Waals surface area contributed by atoms with Gasteiger partial charge < -0.3 is 9.84 Å². The van der Waals surface area contributed by atoms with Crippen LogP contribution in [0.2, 0.25) is 0 Å². The summed E-state index contributed by atoms with van der Waals surface area (Å²) in [6, 6.07) is 13.6. The van der Waals surface area contributed by atoms with E-state index in [2.05, 4.69) is 6.07 Å². The predicted molar refractivity (Wildman–Crippen MR) is 73.1 cm³/mol. The van der Waals surface area contributed by atoms with Gasteiger partial charge in [0.05, 0.1) is 6.10 Å². The van der Waals surface area contributed by atoms with Gasteiger partial charge in [0.25, 0.3) is 0 Å². The minimum atomic E-state index is -0.535. The van der Waals surface area contributed by atoms with E-state index in [1.807, 2.05) is 50.2 Å². The molecule has 2 aromatic carbocycles. The molecule has 0 aliphatic carbocycles. The first-order valence-corrected chi connectivity index (χ1v) is 6.09. The van der Waals surface area contributed by atoms with Crippen molar-refractivity contribution in [1.82, 2.24) is 0 Å². The zero-order valence-corrected chi connectivity index (χ0v) is 11.0. The van der Waals surface area contributed by atoms with Crippen molar-refractivity contribution < 1.29 is 9.84 Å². The smallest absolute Gasteiger partial charge is 0.133 e. The fourth-order valence-electron chi connectivity index (χ4n) is 2.04. The first-order valence-electron chi connectivity index (χ1n) is 6.09. The van der Waals surface area contributed by atoms with Gasteiger partial charge in [-0.3, -0.25) is 0 Å². The van der Waals surface area contributed by atoms with Crippen LogP contribution in [0.4, 0.5) is 0 Å². The fourth-order valence-corrected chi connectivity index (χ4v) is 2.04. The van der Waals surface area contributed by atoms with Gasteiger partial charge in [0.2, 0.25) is 0 Å². The Morgan fingerprint density at radius 1 is 1.00 bits per heavy atom. The lowest BCUT2D eigenvalue weighted by atomic mass is 10.1. The zero-order valence-electron chi connectivity index (χ0n) is 11.0. The van der Waals surface area contributed by atoms with E-state index < -0.39 is 6.10 Å². The number of hydrogen-bond acceptors (Lipinski definition) is 2. The molecule has 0 saturated carbocycles. The molecule has 2 heteroatoms. The number of hydrogen-bond donors (Lipinski definition) is 1. The lowest BCUT2D eigenvalue weighted by molar-refractivity contribution is 0.195. The van der Waals surface area contributed by atoms with Gasteiger partial charge in [0.1, 0.15) is 11.5 Å². The van der Waals surface area contributed by atoms with E-state index in [9.17, 15) is 5.11 Å². The van der Waals surface area contributed by atoms with Crippen LogP contribution in [0.15, 0.2) is 42.5 Å². The largest absolute Gasteiger partial charge is 0.457 e. The molecule has 0 aliphatic rings. The minimum absolute atomic E-state index is 0.535. The molecule has 0 saturated heterocycles. The maximum absolute atomic E-state index is 9.71. The molecule has 0 spiro atoms. The molecule has 1 N–H and O–H groups in total. The molecule has 2 rings (SSSR count). The lowest BCUT2D eigenvalue weighted by Crippen LogP contribution is -1.96. The lowest BCUT2D eigenvalue weighted by Gasteiger charge is -2.13. The number of rotatable bonds is 3. The Kier molecular flexibility index (Phi) is 3.68. The van der Waals surface area contributed by atoms with E-state index in [-0.39, 0.29) is 0 Å². The van der Waals surface area contributed by atoms with Crippen molar-refractivity contribution in [3.05, 3.63) is 59.2 Å². The Hall–Kier alpha value is -1.80. The average molecular weight is 242 g/mol. The molecule has 0 fully saturated rings. The second-order valence-electron chi connectivity index (χ2n) is 4.64. The van der Waals surface area contributed by atoms with Crippen LogP contribution < -0.4 is 4.74 Å². The van der Waals surface area contributed by atoms with Gasteiger partial charge in [-0.05, 0) is 50.1 Å². The standard InChI is InChI=1S/C16H18O2/c1-11-8-12(2)10-14(9-11)18-16-7-5-4-6-15(16)13(3)17/h4-10,13,17H,1-3H3/t13-/m0/s1. The third-order valence-corrected chi connectivity index (χ3v) is 2.79. The van der Waals surface area contributed by atoms with Crippen LogP contribution in [-0.2, 0) is 0 Å². The van der Waals surface area contributed by atoms with Crippen molar-refractivity contribution in [1.29, 1.82) is 0 Å². The van der Waals surface area contributed by atoms with Crippen molar-refractivity contribution >= 4 is 0 Å². The van der Waals surface area contributed by atoms with Crippen LogP contribution in [0, 0.1) is 13.8 Å². The Balaban J connectivity index is 2.34. The monoisotopic (exact) mass is 242 g/mol. The van der Waals surface area contributed by atoms with Crippen molar-refractivity contribution in [2.75, 3.05) is 0 Å². The molecule has 0 heterocycles. The summed E-state index contributed by atoms with van der Waals surface area (Å²) in [5, 5.41) is 9.71. The molecule has 0 aliphatic heterocycles. The highest BCUT2D eigenvalue weighted by Crippen LogP contribution is 2.30. The van der Waals surface area contributed by atoms with Gasteiger partial charge >= 0.3 is 0 Å². The molecule has 0 radical (unpaired) electrons. The molecule has 2 nitrogen and oxygen atoms in total. The van der Waals surface area contributed by atoms with E-state index in [0.717, 1.165) is 11.3 Å². The van der Waals surface area contributed by atoms with Crippen molar-refractivity contribution in [3.63, 3.8) is 0 Å². The SMILES string of the molecule is Cc1cc(C)cc(Oc2ccccc2[C@H](C)O)c1. The normalized spacial score (nSPS) is 12.2. The first kappa shape index (κ1) is 12.7. The maximum Gasteiger partial charge on any atom is 0.133 e. The van der Waals surface area contributed by atoms with Crippen LogP contribution in [0.25, 0.3) is 0 Å². The van der Waals surface area contributed by atoms with E-state index in [1.54, 1.807) is 6.92 Å². The predicted octanol–water partition coefficient (Wildman–Crippen LogP) is 4.15. The topological polar surface area (TPSA) is 29.5 Å². The highest BCUT2D eigenvalue weighted by Gasteiger charge is 2.09. The molecule has 0 amide bonds. The number of aliphatic hydroxyl groups is 1. The van der Waals surface area contributed by atoms with Crippen LogP contribution in [-0.4, -0.2) is 5.11 Å². The zero-order chi connectivity index (χ0) is 13.1. The highest BCUT2D eigenvalue weighted by molar-refractivity contribution is 5.41. The molecule has 1 atom stereocenters. The molecule has 0 bridgehead atoms. The summed E-state index contributed by atoms with van der Waals surface area (Å²) >= 11 is 0. The van der Waals surface area contributed by atoms with Gasteiger partial charge in [-0.2, -0.15) is 0 Å². The Morgan fingerprint density at radius 2 is 1.61 bits per heavy atom. The van der Waals surface area contributed by atoms with E-state index in [4.69, 9.17) is 4.74 Å². The summed E-state index contributed by atoms with van der Waals surface area (Å²) in [5.41, 5.74) is 3.13. The molecule has 94 valence electrons. The second-order valence-corrected chi connectivity index (χ2v) is 4.64. The maximum atomic E-state index is 9.71. The van der Waals surface area contributed by atoms with Gasteiger partial charge in [0, 0.05) is 5.56 Å². The summed E-state index contributed by atoms with van der Waals surface area (Å²) in [5.74, 6) is 1.51. The number of aryl methyl sites for hydroxylation is 2. The van der Waals surface area contributed by atoms with E-state index in [1.165, 1.54) is 11.1 Å². The summed E-state index contributed by atoms with van der Waals surface area (Å²) < 4.78 is 5.87. The van der Waals surface area contributed by atoms with Gasteiger partial charge in [0.15, 0.2) is 0 Å². The molecule has 18 heavy (non-hydrogen) atoms. The Labute approximate surface area is 108 Å².